The molecule has 1 fully saturated rings. The molecule has 0 radical (unpaired) electrons. The third-order valence-corrected chi connectivity index (χ3v) is 6.61. The summed E-state index contributed by atoms with van der Waals surface area (Å²) >= 11 is 1.69. The Hall–Kier alpha value is -2.06. The third-order valence-electron chi connectivity index (χ3n) is 5.52. The van der Waals surface area contributed by atoms with Crippen molar-refractivity contribution in [3.63, 3.8) is 0 Å². The predicted octanol–water partition coefficient (Wildman–Crippen LogP) is 4.23. The lowest BCUT2D eigenvalue weighted by Gasteiger charge is -2.34. The van der Waals surface area contributed by atoms with Crippen LogP contribution in [0.2, 0.25) is 0 Å². The molecule has 29 heavy (non-hydrogen) atoms. The summed E-state index contributed by atoms with van der Waals surface area (Å²) in [6.07, 6.45) is -0.814. The molecule has 1 unspecified atom stereocenters. The number of nitrogens with zero attached hydrogens (tertiary/aromatic N) is 3. The lowest BCUT2D eigenvalue weighted by molar-refractivity contribution is -0.137. The van der Waals surface area contributed by atoms with Crippen LogP contribution < -0.4 is 4.90 Å². The van der Waals surface area contributed by atoms with E-state index >= 15 is 0 Å². The van der Waals surface area contributed by atoms with Crippen molar-refractivity contribution < 1.29 is 18.0 Å². The second-order valence-electron chi connectivity index (χ2n) is 7.97. The maximum atomic E-state index is 12.7. The van der Waals surface area contributed by atoms with E-state index in [-0.39, 0.29) is 5.41 Å². The number of benzene rings is 1. The molecule has 154 valence electrons. The minimum absolute atomic E-state index is 0.286. The Kier molecular flexibility index (Phi) is 5.33. The Morgan fingerprint density at radius 2 is 1.79 bits per heavy atom. The molecule has 1 aliphatic carbocycles. The van der Waals surface area contributed by atoms with Crippen molar-refractivity contribution in [1.29, 1.82) is 0 Å². The van der Waals surface area contributed by atoms with Crippen LogP contribution in [0.15, 0.2) is 41.4 Å². The normalized spacial score (nSPS) is 22.6. The average Bonchev–Trinajstić information content (AvgIpc) is 3.04. The van der Waals surface area contributed by atoms with E-state index in [9.17, 15) is 18.0 Å². The number of rotatable bonds is 4. The van der Waals surface area contributed by atoms with Gasteiger partial charge in [-0.25, -0.2) is 9.29 Å². The topological polar surface area (TPSA) is 36.4 Å². The highest BCUT2D eigenvalue weighted by Crippen LogP contribution is 2.37. The van der Waals surface area contributed by atoms with Gasteiger partial charge in [-0.2, -0.15) is 13.2 Å². The fourth-order valence-electron chi connectivity index (χ4n) is 3.91. The van der Waals surface area contributed by atoms with E-state index in [0.717, 1.165) is 49.4 Å². The molecule has 2 heterocycles. The van der Waals surface area contributed by atoms with Crippen molar-refractivity contribution >= 4 is 24.1 Å². The van der Waals surface area contributed by atoms with Crippen LogP contribution in [-0.4, -0.2) is 41.8 Å². The smallest absolute Gasteiger partial charge is 0.354 e. The van der Waals surface area contributed by atoms with Gasteiger partial charge in [0.05, 0.1) is 5.56 Å². The molecule has 2 aromatic rings. The van der Waals surface area contributed by atoms with Crippen molar-refractivity contribution in [2.24, 2.45) is 5.41 Å². The zero-order valence-corrected chi connectivity index (χ0v) is 16.9. The molecule has 4 rings (SSSR count). The zero-order chi connectivity index (χ0) is 20.6. The highest BCUT2D eigenvalue weighted by Gasteiger charge is 2.33. The van der Waals surface area contributed by atoms with Crippen molar-refractivity contribution in [3.8, 4) is 0 Å². The fraction of sp³-hybridized carbons (Fsp3) is 0.429. The average molecular weight is 421 g/mol. The summed E-state index contributed by atoms with van der Waals surface area (Å²) in [7, 11) is 0. The number of hydrogen-bond donors (Lipinski definition) is 0. The van der Waals surface area contributed by atoms with Crippen molar-refractivity contribution in [3.05, 3.63) is 53.2 Å². The molecule has 1 aromatic carbocycles. The summed E-state index contributed by atoms with van der Waals surface area (Å²) in [5.74, 6) is 0.577. The maximum absolute atomic E-state index is 12.7. The number of aldehydes is 1. The molecular weight excluding hydrogens is 399 g/mol. The summed E-state index contributed by atoms with van der Waals surface area (Å²) in [6, 6.07) is 8.93. The minimum atomic E-state index is -4.36. The van der Waals surface area contributed by atoms with Gasteiger partial charge in [0.25, 0.3) is 0 Å². The van der Waals surface area contributed by atoms with Crippen molar-refractivity contribution in [1.82, 2.24) is 9.29 Å². The van der Waals surface area contributed by atoms with Gasteiger partial charge in [-0.3, -0.25) is 0 Å². The lowest BCUT2D eigenvalue weighted by Crippen LogP contribution is -2.43. The lowest BCUT2D eigenvalue weighted by atomic mass is 9.89. The molecule has 1 aliphatic heterocycles. The van der Waals surface area contributed by atoms with Crippen LogP contribution >= 0.6 is 11.9 Å². The Bertz CT molecular complexity index is 895. The Balaban J connectivity index is 1.34. The summed E-state index contributed by atoms with van der Waals surface area (Å²) in [5.41, 5.74) is 1.49. The van der Waals surface area contributed by atoms with Crippen LogP contribution in [0.25, 0.3) is 0 Å². The van der Waals surface area contributed by atoms with Crippen LogP contribution in [0.5, 0.6) is 0 Å². The molecule has 8 heteroatoms. The van der Waals surface area contributed by atoms with Gasteiger partial charge in [0.1, 0.15) is 12.1 Å². The number of fused-ring (bicyclic) bond motifs is 1. The molecule has 4 nitrogen and oxygen atoms in total. The number of anilines is 1. The zero-order valence-electron chi connectivity index (χ0n) is 16.1. The van der Waals surface area contributed by atoms with Crippen LogP contribution in [0.3, 0.4) is 0 Å². The molecule has 1 aromatic heterocycles. The standard InChI is InChI=1S/C21H22F3N3OS/c1-20(14-28)11-15-2-4-18(10-16(15)12-20)29-27-8-6-26(7-9-27)19-5-3-17(13-25-19)21(22,23)24/h2-5,10,13-14H,6-9,11-12H2,1H3. The Morgan fingerprint density at radius 3 is 2.41 bits per heavy atom. The quantitative estimate of drug-likeness (QED) is 0.545. The van der Waals surface area contributed by atoms with E-state index < -0.39 is 11.7 Å². The second kappa shape index (κ2) is 7.65. The van der Waals surface area contributed by atoms with E-state index in [1.54, 1.807) is 11.9 Å². The second-order valence-corrected chi connectivity index (χ2v) is 9.14. The first-order valence-electron chi connectivity index (χ1n) is 9.55. The van der Waals surface area contributed by atoms with Crippen LogP contribution in [0.4, 0.5) is 19.0 Å². The monoisotopic (exact) mass is 421 g/mol. The summed E-state index contributed by atoms with van der Waals surface area (Å²) in [4.78, 5) is 18.5. The molecule has 2 aliphatic rings. The van der Waals surface area contributed by atoms with E-state index in [2.05, 4.69) is 27.5 Å². The fourth-order valence-corrected chi connectivity index (χ4v) is 4.88. The van der Waals surface area contributed by atoms with E-state index in [0.29, 0.717) is 18.9 Å². The largest absolute Gasteiger partial charge is 0.417 e. The number of piperazine rings is 1. The first-order valence-corrected chi connectivity index (χ1v) is 10.3. The summed E-state index contributed by atoms with van der Waals surface area (Å²) < 4.78 is 40.3. The van der Waals surface area contributed by atoms with Gasteiger partial charge in [0, 0.05) is 42.7 Å². The van der Waals surface area contributed by atoms with Crippen molar-refractivity contribution in [2.45, 2.75) is 30.8 Å². The van der Waals surface area contributed by atoms with Crippen LogP contribution in [-0.2, 0) is 23.8 Å². The number of halogens is 3. The molecule has 0 bridgehead atoms. The number of carbonyl (C=O) groups excluding carboxylic acids is 1. The van der Waals surface area contributed by atoms with Gasteiger partial charge in [-0.1, -0.05) is 13.0 Å². The van der Waals surface area contributed by atoms with Crippen LogP contribution in [0.1, 0.15) is 23.6 Å². The number of aromatic nitrogens is 1. The van der Waals surface area contributed by atoms with Gasteiger partial charge in [0.2, 0.25) is 0 Å². The van der Waals surface area contributed by atoms with Gasteiger partial charge in [-0.15, -0.1) is 0 Å². The molecule has 0 amide bonds. The Morgan fingerprint density at radius 1 is 1.07 bits per heavy atom. The minimum Gasteiger partial charge on any atom is -0.354 e. The molecule has 0 spiro atoms. The molecule has 1 saturated heterocycles. The van der Waals surface area contributed by atoms with Crippen molar-refractivity contribution in [2.75, 3.05) is 31.1 Å². The Labute approximate surface area is 172 Å². The number of hydrogen-bond acceptors (Lipinski definition) is 5. The van der Waals surface area contributed by atoms with E-state index in [4.69, 9.17) is 0 Å². The van der Waals surface area contributed by atoms with E-state index in [1.807, 2.05) is 11.8 Å². The van der Waals surface area contributed by atoms with Gasteiger partial charge < -0.3 is 9.69 Å². The van der Waals surface area contributed by atoms with Gasteiger partial charge in [0.15, 0.2) is 0 Å². The first kappa shape index (κ1) is 20.2. The molecule has 0 N–H and O–H groups in total. The third kappa shape index (κ3) is 4.43. The highest BCUT2D eigenvalue weighted by molar-refractivity contribution is 7.97. The predicted molar refractivity (Wildman–Crippen MR) is 107 cm³/mol. The van der Waals surface area contributed by atoms with E-state index in [1.165, 1.54) is 17.2 Å². The van der Waals surface area contributed by atoms with Gasteiger partial charge in [-0.05, 0) is 60.2 Å². The SMILES string of the molecule is CC1(C=O)Cc2ccc(SN3CCN(c4ccc(C(F)(F)F)cn4)CC3)cc2C1. The highest BCUT2D eigenvalue weighted by atomic mass is 32.2. The van der Waals surface area contributed by atoms with Crippen LogP contribution in [0, 0.1) is 5.41 Å². The maximum Gasteiger partial charge on any atom is 0.417 e. The number of pyridine rings is 1. The summed E-state index contributed by atoms with van der Waals surface area (Å²) in [5, 5.41) is 0. The first-order chi connectivity index (χ1) is 13.8. The number of carbonyl (C=O) groups is 1. The number of alkyl halides is 3. The molecule has 0 saturated carbocycles. The molecule has 1 atom stereocenters. The molecular formula is C21H22F3N3OS. The summed E-state index contributed by atoms with van der Waals surface area (Å²) in [6.45, 7) is 4.99. The van der Waals surface area contributed by atoms with Gasteiger partial charge >= 0.3 is 6.18 Å².